The molecule has 2 rings (SSSR count). The first-order chi connectivity index (χ1) is 10.2. The molecule has 0 unspecified atom stereocenters. The van der Waals surface area contributed by atoms with E-state index in [-0.39, 0.29) is 5.91 Å². The summed E-state index contributed by atoms with van der Waals surface area (Å²) < 4.78 is 0. The molecule has 3 N–H and O–H groups in total. The summed E-state index contributed by atoms with van der Waals surface area (Å²) in [5.41, 5.74) is 0.958. The summed E-state index contributed by atoms with van der Waals surface area (Å²) in [5.74, 6) is 2.08. The van der Waals surface area contributed by atoms with Gasteiger partial charge in [0.05, 0.1) is 0 Å². The van der Waals surface area contributed by atoms with Crippen molar-refractivity contribution in [2.45, 2.75) is 6.92 Å². The van der Waals surface area contributed by atoms with Crippen molar-refractivity contribution in [1.82, 2.24) is 15.3 Å². The number of carbonyl (C=O) groups is 1. The summed E-state index contributed by atoms with van der Waals surface area (Å²) in [6.07, 6.45) is 0. The van der Waals surface area contributed by atoms with Crippen LogP contribution in [0.1, 0.15) is 6.92 Å². The molecule has 110 valence electrons. The minimum Gasteiger partial charge on any atom is -0.373 e. The molecular weight excluding hydrogens is 266 g/mol. The van der Waals surface area contributed by atoms with Gasteiger partial charge in [-0.2, -0.15) is 0 Å². The molecule has 0 aliphatic carbocycles. The first kappa shape index (κ1) is 14.8. The molecule has 0 fully saturated rings. The Labute approximate surface area is 124 Å². The summed E-state index contributed by atoms with van der Waals surface area (Å²) in [4.78, 5) is 19.8. The molecule has 0 spiro atoms. The Bertz CT molecular complexity index is 600. The Morgan fingerprint density at radius 3 is 2.48 bits per heavy atom. The molecule has 0 radical (unpaired) electrons. The first-order valence-electron chi connectivity index (χ1n) is 6.79. The van der Waals surface area contributed by atoms with Crippen LogP contribution in [0, 0.1) is 0 Å². The fraction of sp³-hybridized carbons (Fsp3) is 0.267. The van der Waals surface area contributed by atoms with E-state index >= 15 is 0 Å². The molecule has 0 bridgehead atoms. The summed E-state index contributed by atoms with van der Waals surface area (Å²) >= 11 is 0. The Morgan fingerprint density at radius 1 is 1.10 bits per heavy atom. The molecule has 0 saturated heterocycles. The number of amides is 1. The van der Waals surface area contributed by atoms with Crippen molar-refractivity contribution in [1.29, 1.82) is 0 Å². The first-order valence-corrected chi connectivity index (χ1v) is 6.79. The molecule has 6 nitrogen and oxygen atoms in total. The molecule has 21 heavy (non-hydrogen) atoms. The summed E-state index contributed by atoms with van der Waals surface area (Å²) in [6.45, 7) is 2.65. The molecule has 0 aliphatic heterocycles. The van der Waals surface area contributed by atoms with Gasteiger partial charge in [0.15, 0.2) is 5.82 Å². The highest BCUT2D eigenvalue weighted by Crippen LogP contribution is 2.19. The number of hydrogen-bond acceptors (Lipinski definition) is 5. The van der Waals surface area contributed by atoms with E-state index in [9.17, 15) is 4.79 Å². The van der Waals surface area contributed by atoms with Crippen LogP contribution in [0.4, 0.5) is 11.6 Å². The molecule has 1 heterocycles. The standard InChI is InChI=1S/C15H19N5O/c1-11(21)17-8-9-18-14-10-13(16-2)19-15(20-14)12-6-4-3-5-7-12/h3-7,10H,8-9H2,1-2H3,(H,17,21)(H2,16,18,19,20). The monoisotopic (exact) mass is 285 g/mol. The second-order valence-electron chi connectivity index (χ2n) is 4.49. The number of nitrogens with zero attached hydrogens (tertiary/aromatic N) is 2. The Kier molecular flexibility index (Phi) is 5.09. The van der Waals surface area contributed by atoms with Crippen molar-refractivity contribution in [3.05, 3.63) is 36.4 Å². The average Bonchev–Trinajstić information content (AvgIpc) is 2.52. The maximum absolute atomic E-state index is 10.8. The van der Waals surface area contributed by atoms with Gasteiger partial charge in [-0.25, -0.2) is 9.97 Å². The zero-order valence-electron chi connectivity index (χ0n) is 12.2. The van der Waals surface area contributed by atoms with Gasteiger partial charge >= 0.3 is 0 Å². The van der Waals surface area contributed by atoms with Crippen LogP contribution in [-0.2, 0) is 4.79 Å². The SMILES string of the molecule is CNc1cc(NCCNC(C)=O)nc(-c2ccccc2)n1. The van der Waals surface area contributed by atoms with E-state index in [0.29, 0.717) is 18.9 Å². The molecule has 1 aromatic carbocycles. The van der Waals surface area contributed by atoms with Crippen molar-refractivity contribution in [3.8, 4) is 11.4 Å². The predicted molar refractivity (Wildman–Crippen MR) is 84.2 cm³/mol. The third-order valence-electron chi connectivity index (χ3n) is 2.82. The van der Waals surface area contributed by atoms with Gasteiger partial charge in [0.25, 0.3) is 0 Å². The molecular formula is C15H19N5O. The molecule has 0 aliphatic rings. The lowest BCUT2D eigenvalue weighted by Gasteiger charge is -2.10. The minimum atomic E-state index is -0.0413. The fourth-order valence-electron chi connectivity index (χ4n) is 1.81. The van der Waals surface area contributed by atoms with Crippen LogP contribution >= 0.6 is 0 Å². The molecule has 0 saturated carbocycles. The van der Waals surface area contributed by atoms with E-state index in [1.54, 1.807) is 0 Å². The van der Waals surface area contributed by atoms with Gasteiger partial charge in [-0.1, -0.05) is 30.3 Å². The van der Waals surface area contributed by atoms with Crippen LogP contribution in [0.3, 0.4) is 0 Å². The molecule has 1 aromatic heterocycles. The van der Waals surface area contributed by atoms with Crippen LogP contribution in [0.2, 0.25) is 0 Å². The minimum absolute atomic E-state index is 0.0413. The number of aromatic nitrogens is 2. The van der Waals surface area contributed by atoms with E-state index < -0.39 is 0 Å². The van der Waals surface area contributed by atoms with Gasteiger partial charge in [-0.05, 0) is 0 Å². The van der Waals surface area contributed by atoms with Gasteiger partial charge in [0, 0.05) is 38.7 Å². The summed E-state index contributed by atoms with van der Waals surface area (Å²) in [6, 6.07) is 11.6. The Balaban J connectivity index is 2.12. The van der Waals surface area contributed by atoms with Crippen LogP contribution in [0.25, 0.3) is 11.4 Å². The highest BCUT2D eigenvalue weighted by molar-refractivity contribution is 5.72. The normalized spacial score (nSPS) is 10.0. The van der Waals surface area contributed by atoms with Gasteiger partial charge < -0.3 is 16.0 Å². The number of carbonyl (C=O) groups excluding carboxylic acids is 1. The Morgan fingerprint density at radius 2 is 1.81 bits per heavy atom. The second-order valence-corrected chi connectivity index (χ2v) is 4.49. The number of rotatable bonds is 6. The van der Waals surface area contributed by atoms with Crippen molar-refractivity contribution >= 4 is 17.5 Å². The van der Waals surface area contributed by atoms with Crippen molar-refractivity contribution in [2.24, 2.45) is 0 Å². The number of anilines is 2. The molecule has 2 aromatic rings. The quantitative estimate of drug-likeness (QED) is 0.705. The van der Waals surface area contributed by atoms with Crippen LogP contribution in [0.15, 0.2) is 36.4 Å². The third-order valence-corrected chi connectivity index (χ3v) is 2.82. The van der Waals surface area contributed by atoms with Crippen molar-refractivity contribution < 1.29 is 4.79 Å². The van der Waals surface area contributed by atoms with E-state index in [1.807, 2.05) is 43.4 Å². The predicted octanol–water partition coefficient (Wildman–Crippen LogP) is 1.73. The van der Waals surface area contributed by atoms with Gasteiger partial charge in [0.2, 0.25) is 5.91 Å². The maximum atomic E-state index is 10.8. The average molecular weight is 285 g/mol. The van der Waals surface area contributed by atoms with Gasteiger partial charge in [-0.3, -0.25) is 4.79 Å². The zero-order valence-corrected chi connectivity index (χ0v) is 12.2. The van der Waals surface area contributed by atoms with E-state index in [0.717, 1.165) is 17.2 Å². The van der Waals surface area contributed by atoms with Gasteiger partial charge in [0.1, 0.15) is 11.6 Å². The highest BCUT2D eigenvalue weighted by atomic mass is 16.1. The van der Waals surface area contributed by atoms with Crippen LogP contribution < -0.4 is 16.0 Å². The van der Waals surface area contributed by atoms with Crippen molar-refractivity contribution in [2.75, 3.05) is 30.8 Å². The Hall–Kier alpha value is -2.63. The summed E-state index contributed by atoms with van der Waals surface area (Å²) in [5, 5.41) is 8.93. The zero-order chi connectivity index (χ0) is 15.1. The lowest BCUT2D eigenvalue weighted by Crippen LogP contribution is -2.26. The van der Waals surface area contributed by atoms with Crippen LogP contribution in [-0.4, -0.2) is 36.0 Å². The number of nitrogens with one attached hydrogen (secondary N) is 3. The summed E-state index contributed by atoms with van der Waals surface area (Å²) in [7, 11) is 1.82. The topological polar surface area (TPSA) is 78.9 Å². The van der Waals surface area contributed by atoms with E-state index in [1.165, 1.54) is 6.92 Å². The maximum Gasteiger partial charge on any atom is 0.216 e. The second kappa shape index (κ2) is 7.23. The fourth-order valence-corrected chi connectivity index (χ4v) is 1.81. The number of benzene rings is 1. The third kappa shape index (κ3) is 4.45. The largest absolute Gasteiger partial charge is 0.373 e. The smallest absolute Gasteiger partial charge is 0.216 e. The van der Waals surface area contributed by atoms with Crippen molar-refractivity contribution in [3.63, 3.8) is 0 Å². The van der Waals surface area contributed by atoms with Gasteiger partial charge in [-0.15, -0.1) is 0 Å². The molecule has 6 heteroatoms. The van der Waals surface area contributed by atoms with Crippen LogP contribution in [0.5, 0.6) is 0 Å². The molecule has 0 atom stereocenters. The lowest BCUT2D eigenvalue weighted by atomic mass is 10.2. The van der Waals surface area contributed by atoms with E-state index in [2.05, 4.69) is 25.9 Å². The highest BCUT2D eigenvalue weighted by Gasteiger charge is 2.05. The lowest BCUT2D eigenvalue weighted by molar-refractivity contribution is -0.118. The van der Waals surface area contributed by atoms with E-state index in [4.69, 9.17) is 0 Å². The number of hydrogen-bond donors (Lipinski definition) is 3. The molecule has 1 amide bonds.